The first-order chi connectivity index (χ1) is 10.8. The summed E-state index contributed by atoms with van der Waals surface area (Å²) in [7, 11) is 1.84. The Labute approximate surface area is 138 Å². The van der Waals surface area contributed by atoms with Gasteiger partial charge in [0.05, 0.1) is 0 Å². The van der Waals surface area contributed by atoms with Crippen LogP contribution in [-0.2, 0) is 6.54 Å². The third kappa shape index (κ3) is 5.54. The molecular weight excluding hydrogens is 292 g/mol. The highest BCUT2D eigenvalue weighted by Gasteiger charge is 2.24. The van der Waals surface area contributed by atoms with Gasteiger partial charge >= 0.3 is 0 Å². The Morgan fingerprint density at radius 2 is 2.14 bits per heavy atom. The SMILES string of the molecule is CN=C(NCCSC)NCC1CCCN1Cc1ccccc1. The molecule has 1 aliphatic rings. The van der Waals surface area contributed by atoms with Crippen molar-refractivity contribution >= 4 is 17.7 Å². The lowest BCUT2D eigenvalue weighted by molar-refractivity contribution is 0.245. The van der Waals surface area contributed by atoms with Crippen molar-refractivity contribution in [3.05, 3.63) is 35.9 Å². The van der Waals surface area contributed by atoms with Gasteiger partial charge < -0.3 is 10.6 Å². The van der Waals surface area contributed by atoms with Crippen molar-refractivity contribution in [1.82, 2.24) is 15.5 Å². The Balaban J connectivity index is 1.78. The predicted molar refractivity (Wildman–Crippen MR) is 97.6 cm³/mol. The normalized spacial score (nSPS) is 19.4. The Kier molecular flexibility index (Phi) is 7.60. The lowest BCUT2D eigenvalue weighted by Crippen LogP contribution is -2.45. The first-order valence-electron chi connectivity index (χ1n) is 8.05. The number of nitrogens with one attached hydrogen (secondary N) is 2. The highest BCUT2D eigenvalue weighted by molar-refractivity contribution is 7.98. The quantitative estimate of drug-likeness (QED) is 0.459. The molecular formula is C17H28N4S. The molecule has 0 bridgehead atoms. The van der Waals surface area contributed by atoms with Gasteiger partial charge in [-0.2, -0.15) is 11.8 Å². The molecule has 0 spiro atoms. The Bertz CT molecular complexity index is 449. The molecule has 1 saturated heterocycles. The first-order valence-corrected chi connectivity index (χ1v) is 9.44. The van der Waals surface area contributed by atoms with Crippen LogP contribution in [0.1, 0.15) is 18.4 Å². The molecule has 0 aliphatic carbocycles. The van der Waals surface area contributed by atoms with Crippen LogP contribution in [0.2, 0.25) is 0 Å². The maximum absolute atomic E-state index is 4.30. The molecule has 4 nitrogen and oxygen atoms in total. The van der Waals surface area contributed by atoms with Gasteiger partial charge in [-0.05, 0) is 31.2 Å². The largest absolute Gasteiger partial charge is 0.356 e. The number of benzene rings is 1. The van der Waals surface area contributed by atoms with Crippen LogP contribution < -0.4 is 10.6 Å². The number of hydrogen-bond donors (Lipinski definition) is 2. The number of guanidine groups is 1. The molecule has 0 amide bonds. The Morgan fingerprint density at radius 3 is 2.86 bits per heavy atom. The van der Waals surface area contributed by atoms with Crippen molar-refractivity contribution in [1.29, 1.82) is 0 Å². The minimum atomic E-state index is 0.597. The zero-order chi connectivity index (χ0) is 15.6. The predicted octanol–water partition coefficient (Wildman–Crippen LogP) is 2.18. The van der Waals surface area contributed by atoms with Crippen LogP contribution in [0, 0.1) is 0 Å². The average molecular weight is 321 g/mol. The highest BCUT2D eigenvalue weighted by Crippen LogP contribution is 2.19. The zero-order valence-electron chi connectivity index (χ0n) is 13.7. The van der Waals surface area contributed by atoms with Crippen molar-refractivity contribution in [2.45, 2.75) is 25.4 Å². The molecule has 2 N–H and O–H groups in total. The van der Waals surface area contributed by atoms with Crippen LogP contribution in [0.5, 0.6) is 0 Å². The van der Waals surface area contributed by atoms with Gasteiger partial charge in [-0.1, -0.05) is 30.3 Å². The molecule has 0 saturated carbocycles. The monoisotopic (exact) mass is 320 g/mol. The molecule has 1 atom stereocenters. The number of hydrogen-bond acceptors (Lipinski definition) is 3. The molecule has 1 heterocycles. The van der Waals surface area contributed by atoms with E-state index in [0.29, 0.717) is 6.04 Å². The van der Waals surface area contributed by atoms with Crippen LogP contribution in [0.4, 0.5) is 0 Å². The molecule has 22 heavy (non-hydrogen) atoms. The van der Waals surface area contributed by atoms with Gasteiger partial charge in [0.2, 0.25) is 0 Å². The fourth-order valence-corrected chi connectivity index (χ4v) is 3.17. The summed E-state index contributed by atoms with van der Waals surface area (Å²) in [6.45, 7) is 4.16. The smallest absolute Gasteiger partial charge is 0.191 e. The van der Waals surface area contributed by atoms with Gasteiger partial charge in [0.25, 0.3) is 0 Å². The molecule has 0 aromatic heterocycles. The maximum Gasteiger partial charge on any atom is 0.191 e. The van der Waals surface area contributed by atoms with Crippen molar-refractivity contribution in [3.8, 4) is 0 Å². The standard InChI is InChI=1S/C17H28N4S/c1-18-17(19-10-12-22-2)20-13-16-9-6-11-21(16)14-15-7-4-3-5-8-15/h3-5,7-8,16H,6,9-14H2,1-2H3,(H2,18,19,20). The molecule has 5 heteroatoms. The van der Waals surface area contributed by atoms with E-state index < -0.39 is 0 Å². The molecule has 122 valence electrons. The second-order valence-corrected chi connectivity index (χ2v) is 6.61. The van der Waals surface area contributed by atoms with E-state index in [9.17, 15) is 0 Å². The summed E-state index contributed by atoms with van der Waals surface area (Å²) < 4.78 is 0. The average Bonchev–Trinajstić information content (AvgIpc) is 2.99. The number of thioether (sulfide) groups is 1. The second kappa shape index (κ2) is 9.74. The van der Waals surface area contributed by atoms with E-state index in [1.807, 2.05) is 18.8 Å². The summed E-state index contributed by atoms with van der Waals surface area (Å²) in [4.78, 5) is 6.88. The summed E-state index contributed by atoms with van der Waals surface area (Å²) in [6, 6.07) is 11.3. The third-order valence-corrected chi connectivity index (χ3v) is 4.67. The topological polar surface area (TPSA) is 39.7 Å². The minimum absolute atomic E-state index is 0.597. The zero-order valence-corrected chi connectivity index (χ0v) is 14.5. The highest BCUT2D eigenvalue weighted by atomic mass is 32.2. The van der Waals surface area contributed by atoms with Gasteiger partial charge in [0.1, 0.15) is 0 Å². The van der Waals surface area contributed by atoms with E-state index in [-0.39, 0.29) is 0 Å². The van der Waals surface area contributed by atoms with E-state index in [0.717, 1.165) is 31.3 Å². The Hall–Kier alpha value is -1.20. The molecule has 1 fully saturated rings. The second-order valence-electron chi connectivity index (χ2n) is 5.62. The fourth-order valence-electron chi connectivity index (χ4n) is 2.86. The number of likely N-dealkylation sites (tertiary alicyclic amines) is 1. The van der Waals surface area contributed by atoms with E-state index in [2.05, 4.69) is 57.1 Å². The van der Waals surface area contributed by atoms with Gasteiger partial charge in [-0.15, -0.1) is 0 Å². The molecule has 1 unspecified atom stereocenters. The molecule has 2 rings (SSSR count). The number of aliphatic imine (C=N–C) groups is 1. The van der Waals surface area contributed by atoms with Crippen molar-refractivity contribution in [3.63, 3.8) is 0 Å². The van der Waals surface area contributed by atoms with Gasteiger partial charge in [0.15, 0.2) is 5.96 Å². The summed E-state index contributed by atoms with van der Waals surface area (Å²) in [5.41, 5.74) is 1.40. The molecule has 1 aliphatic heterocycles. The maximum atomic E-state index is 4.30. The van der Waals surface area contributed by atoms with Gasteiger partial charge in [0, 0.05) is 38.5 Å². The fraction of sp³-hybridized carbons (Fsp3) is 0.588. The van der Waals surface area contributed by atoms with E-state index >= 15 is 0 Å². The summed E-state index contributed by atoms with van der Waals surface area (Å²) in [5, 5.41) is 6.83. The van der Waals surface area contributed by atoms with E-state index in [1.54, 1.807) is 0 Å². The van der Waals surface area contributed by atoms with Crippen LogP contribution in [-0.4, -0.2) is 55.6 Å². The first kappa shape index (κ1) is 17.2. The van der Waals surface area contributed by atoms with Gasteiger partial charge in [-0.3, -0.25) is 9.89 Å². The van der Waals surface area contributed by atoms with Crippen LogP contribution in [0.15, 0.2) is 35.3 Å². The number of nitrogens with zero attached hydrogens (tertiary/aromatic N) is 2. The number of rotatable bonds is 7. The molecule has 0 radical (unpaired) electrons. The van der Waals surface area contributed by atoms with Crippen LogP contribution >= 0.6 is 11.8 Å². The summed E-state index contributed by atoms with van der Waals surface area (Å²) in [5.74, 6) is 2.02. The summed E-state index contributed by atoms with van der Waals surface area (Å²) in [6.07, 6.45) is 4.68. The van der Waals surface area contributed by atoms with E-state index in [4.69, 9.17) is 0 Å². The lowest BCUT2D eigenvalue weighted by atomic mass is 10.2. The van der Waals surface area contributed by atoms with Crippen LogP contribution in [0.25, 0.3) is 0 Å². The minimum Gasteiger partial charge on any atom is -0.356 e. The van der Waals surface area contributed by atoms with E-state index in [1.165, 1.54) is 24.9 Å². The van der Waals surface area contributed by atoms with Crippen molar-refractivity contribution < 1.29 is 0 Å². The molecule has 1 aromatic rings. The lowest BCUT2D eigenvalue weighted by Gasteiger charge is -2.25. The summed E-state index contributed by atoms with van der Waals surface area (Å²) >= 11 is 1.85. The van der Waals surface area contributed by atoms with Gasteiger partial charge in [-0.25, -0.2) is 0 Å². The van der Waals surface area contributed by atoms with Crippen LogP contribution in [0.3, 0.4) is 0 Å². The van der Waals surface area contributed by atoms with Crippen molar-refractivity contribution in [2.24, 2.45) is 4.99 Å². The third-order valence-electron chi connectivity index (χ3n) is 4.05. The van der Waals surface area contributed by atoms with Crippen molar-refractivity contribution in [2.75, 3.05) is 38.7 Å². The molecule has 1 aromatic carbocycles. The Morgan fingerprint density at radius 1 is 1.32 bits per heavy atom.